The Morgan fingerprint density at radius 2 is 1.84 bits per heavy atom. The van der Waals surface area contributed by atoms with Gasteiger partial charge in [-0.15, -0.1) is 0 Å². The van der Waals surface area contributed by atoms with Gasteiger partial charge in [-0.05, 0) is 29.8 Å². The van der Waals surface area contributed by atoms with Crippen LogP contribution in [0.5, 0.6) is 0 Å². The third-order valence-corrected chi connectivity index (χ3v) is 3.40. The predicted molar refractivity (Wildman–Crippen MR) is 78.2 cm³/mol. The van der Waals surface area contributed by atoms with E-state index in [1.807, 2.05) is 48.5 Å². The van der Waals surface area contributed by atoms with Crippen molar-refractivity contribution in [2.75, 3.05) is 0 Å². The van der Waals surface area contributed by atoms with Crippen LogP contribution in [0.4, 0.5) is 0 Å². The largest absolute Gasteiger partial charge is 0.342 e. The topological polar surface area (TPSA) is 54.7 Å². The molecule has 4 heteroatoms. The number of rotatable bonds is 3. The number of aromatic nitrogens is 2. The smallest absolute Gasteiger partial charge is 0.109 e. The number of nitrogens with two attached hydrogens (primary N) is 1. The Kier molecular flexibility index (Phi) is 3.23. The minimum Gasteiger partial charge on any atom is -0.342 e. The second-order valence-electron chi connectivity index (χ2n) is 4.56. The Bertz CT molecular complexity index is 655. The number of nitrogens with one attached hydrogen (secondary N) is 1. The Labute approximate surface area is 116 Å². The maximum absolute atomic E-state index is 6.20. The summed E-state index contributed by atoms with van der Waals surface area (Å²) in [5.74, 6) is 0.906. The summed E-state index contributed by atoms with van der Waals surface area (Å²) >= 11 is 5.87. The highest BCUT2D eigenvalue weighted by Crippen LogP contribution is 2.19. The monoisotopic (exact) mass is 271 g/mol. The van der Waals surface area contributed by atoms with Gasteiger partial charge in [-0.1, -0.05) is 35.9 Å². The Morgan fingerprint density at radius 3 is 2.58 bits per heavy atom. The number of halogens is 1. The third kappa shape index (κ3) is 2.62. The number of H-pyrrole nitrogens is 1. The molecule has 0 fully saturated rings. The zero-order valence-electron chi connectivity index (χ0n) is 10.3. The van der Waals surface area contributed by atoms with Gasteiger partial charge in [0.15, 0.2) is 0 Å². The van der Waals surface area contributed by atoms with Crippen LogP contribution in [0.1, 0.15) is 17.4 Å². The fraction of sp³-hybridized carbons (Fsp3) is 0.133. The van der Waals surface area contributed by atoms with Crippen molar-refractivity contribution in [1.82, 2.24) is 9.97 Å². The van der Waals surface area contributed by atoms with Gasteiger partial charge in [0.2, 0.25) is 0 Å². The van der Waals surface area contributed by atoms with Crippen LogP contribution in [0.3, 0.4) is 0 Å². The molecule has 3 N–H and O–H groups in total. The van der Waals surface area contributed by atoms with Crippen LogP contribution in [0.15, 0.2) is 48.5 Å². The lowest BCUT2D eigenvalue weighted by Gasteiger charge is -2.10. The first-order valence-electron chi connectivity index (χ1n) is 6.17. The van der Waals surface area contributed by atoms with E-state index in [1.54, 1.807) is 0 Å². The maximum Gasteiger partial charge on any atom is 0.109 e. The molecule has 0 aliphatic carbocycles. The molecule has 3 rings (SSSR count). The molecule has 96 valence electrons. The lowest BCUT2D eigenvalue weighted by Crippen LogP contribution is -2.13. The molecule has 3 aromatic rings. The molecule has 0 aliphatic rings. The molecule has 0 bridgehead atoms. The maximum atomic E-state index is 6.20. The summed E-state index contributed by atoms with van der Waals surface area (Å²) in [7, 11) is 0. The van der Waals surface area contributed by atoms with Crippen molar-refractivity contribution < 1.29 is 0 Å². The number of hydrogen-bond acceptors (Lipinski definition) is 2. The molecule has 2 aromatic carbocycles. The van der Waals surface area contributed by atoms with Gasteiger partial charge in [0, 0.05) is 17.5 Å². The summed E-state index contributed by atoms with van der Waals surface area (Å²) in [4.78, 5) is 7.82. The van der Waals surface area contributed by atoms with Crippen LogP contribution in [0, 0.1) is 0 Å². The van der Waals surface area contributed by atoms with Crippen molar-refractivity contribution in [2.45, 2.75) is 12.5 Å². The van der Waals surface area contributed by atoms with Gasteiger partial charge in [-0.25, -0.2) is 4.98 Å². The van der Waals surface area contributed by atoms with Gasteiger partial charge in [-0.2, -0.15) is 0 Å². The van der Waals surface area contributed by atoms with Crippen LogP contribution >= 0.6 is 11.6 Å². The van der Waals surface area contributed by atoms with E-state index in [2.05, 4.69) is 9.97 Å². The number of benzene rings is 2. The van der Waals surface area contributed by atoms with Crippen LogP contribution in [0.25, 0.3) is 11.0 Å². The van der Waals surface area contributed by atoms with Crippen molar-refractivity contribution in [3.63, 3.8) is 0 Å². The average molecular weight is 272 g/mol. The fourth-order valence-electron chi connectivity index (χ4n) is 2.14. The van der Waals surface area contributed by atoms with Crippen LogP contribution < -0.4 is 5.73 Å². The molecule has 0 aliphatic heterocycles. The Balaban J connectivity index is 1.82. The second-order valence-corrected chi connectivity index (χ2v) is 5.00. The number of hydrogen-bond donors (Lipinski definition) is 2. The quantitative estimate of drug-likeness (QED) is 0.766. The van der Waals surface area contributed by atoms with E-state index in [0.29, 0.717) is 6.42 Å². The van der Waals surface area contributed by atoms with E-state index in [0.717, 1.165) is 27.4 Å². The normalized spacial score (nSPS) is 12.7. The highest BCUT2D eigenvalue weighted by atomic mass is 35.5. The molecule has 1 atom stereocenters. The van der Waals surface area contributed by atoms with Crippen molar-refractivity contribution in [3.05, 3.63) is 64.9 Å². The van der Waals surface area contributed by atoms with E-state index < -0.39 is 0 Å². The lowest BCUT2D eigenvalue weighted by atomic mass is 10.0. The molecule has 1 heterocycles. The van der Waals surface area contributed by atoms with E-state index in [1.165, 1.54) is 0 Å². The van der Waals surface area contributed by atoms with Gasteiger partial charge in [0.25, 0.3) is 0 Å². The van der Waals surface area contributed by atoms with Crippen molar-refractivity contribution >= 4 is 22.6 Å². The molecule has 3 nitrogen and oxygen atoms in total. The van der Waals surface area contributed by atoms with E-state index in [9.17, 15) is 0 Å². The number of aromatic amines is 1. The van der Waals surface area contributed by atoms with Crippen molar-refractivity contribution in [1.29, 1.82) is 0 Å². The van der Waals surface area contributed by atoms with Gasteiger partial charge in [0.1, 0.15) is 5.82 Å². The first-order chi connectivity index (χ1) is 9.22. The summed E-state index contributed by atoms with van der Waals surface area (Å²) in [6.07, 6.45) is 0.677. The molecular weight excluding hydrogens is 258 g/mol. The van der Waals surface area contributed by atoms with Crippen LogP contribution in [-0.4, -0.2) is 9.97 Å². The van der Waals surface area contributed by atoms with Crippen molar-refractivity contribution in [3.8, 4) is 0 Å². The minimum absolute atomic E-state index is 0.0853. The fourth-order valence-corrected chi connectivity index (χ4v) is 2.26. The minimum atomic E-state index is -0.0853. The molecule has 0 saturated heterocycles. The van der Waals surface area contributed by atoms with Gasteiger partial charge in [-0.3, -0.25) is 0 Å². The predicted octanol–water partition coefficient (Wildman–Crippen LogP) is 3.46. The summed E-state index contributed by atoms with van der Waals surface area (Å²) in [6.45, 7) is 0. The van der Waals surface area contributed by atoms with Crippen LogP contribution in [-0.2, 0) is 6.42 Å². The number of fused-ring (bicyclic) bond motifs is 1. The second kappa shape index (κ2) is 5.03. The average Bonchev–Trinajstić information content (AvgIpc) is 2.81. The number of para-hydroxylation sites is 2. The molecule has 19 heavy (non-hydrogen) atoms. The Hall–Kier alpha value is -1.84. The van der Waals surface area contributed by atoms with Gasteiger partial charge < -0.3 is 10.7 Å². The zero-order chi connectivity index (χ0) is 13.2. The highest BCUT2D eigenvalue weighted by molar-refractivity contribution is 6.30. The Morgan fingerprint density at radius 1 is 1.11 bits per heavy atom. The first-order valence-corrected chi connectivity index (χ1v) is 6.55. The molecular formula is C15H14ClN3. The summed E-state index contributed by atoms with van der Waals surface area (Å²) in [6, 6.07) is 15.5. The summed E-state index contributed by atoms with van der Waals surface area (Å²) < 4.78 is 0. The molecule has 1 aromatic heterocycles. The lowest BCUT2D eigenvalue weighted by molar-refractivity contribution is 0.696. The van der Waals surface area contributed by atoms with Crippen LogP contribution in [0.2, 0.25) is 5.02 Å². The molecule has 0 spiro atoms. The van der Waals surface area contributed by atoms with Gasteiger partial charge in [0.05, 0.1) is 11.0 Å². The van der Waals surface area contributed by atoms with E-state index in [-0.39, 0.29) is 6.04 Å². The highest BCUT2D eigenvalue weighted by Gasteiger charge is 2.10. The number of imidazole rings is 1. The van der Waals surface area contributed by atoms with E-state index in [4.69, 9.17) is 17.3 Å². The third-order valence-electron chi connectivity index (χ3n) is 3.15. The SMILES string of the molecule is NC(Cc1nc2ccccc2[nH]1)c1ccc(Cl)cc1. The van der Waals surface area contributed by atoms with Crippen molar-refractivity contribution in [2.24, 2.45) is 5.73 Å². The summed E-state index contributed by atoms with van der Waals surface area (Å²) in [5, 5.41) is 0.722. The summed E-state index contributed by atoms with van der Waals surface area (Å²) in [5.41, 5.74) is 9.27. The van der Waals surface area contributed by atoms with E-state index >= 15 is 0 Å². The molecule has 0 radical (unpaired) electrons. The molecule has 1 unspecified atom stereocenters. The molecule has 0 amide bonds. The standard InChI is InChI=1S/C15H14ClN3/c16-11-7-5-10(6-8-11)12(17)9-15-18-13-3-1-2-4-14(13)19-15/h1-8,12H,9,17H2,(H,18,19). The molecule has 0 saturated carbocycles. The number of nitrogens with zero attached hydrogens (tertiary/aromatic N) is 1. The van der Waals surface area contributed by atoms with Gasteiger partial charge >= 0.3 is 0 Å². The zero-order valence-corrected chi connectivity index (χ0v) is 11.1. The first kappa shape index (κ1) is 12.2.